The molecule has 5 nitrogen and oxygen atoms in total. The van der Waals surface area contributed by atoms with Crippen LogP contribution in [0.15, 0.2) is 67.0 Å². The van der Waals surface area contributed by atoms with Crippen molar-refractivity contribution in [2.24, 2.45) is 0 Å². The summed E-state index contributed by atoms with van der Waals surface area (Å²) in [5.74, 6) is 1.53. The molecule has 2 heterocycles. The molecule has 0 saturated carbocycles. The summed E-state index contributed by atoms with van der Waals surface area (Å²) >= 11 is 0. The molecule has 0 aliphatic carbocycles. The normalized spacial score (nSPS) is 14.1. The van der Waals surface area contributed by atoms with Crippen LogP contribution < -0.4 is 15.5 Å². The topological polar surface area (TPSA) is 53.1 Å². The van der Waals surface area contributed by atoms with Crippen molar-refractivity contribution in [2.75, 3.05) is 28.6 Å². The zero-order valence-electron chi connectivity index (χ0n) is 14.7. The fourth-order valence-electron chi connectivity index (χ4n) is 3.22. The molecule has 5 heteroatoms. The van der Waals surface area contributed by atoms with Gasteiger partial charge in [0.25, 0.3) is 0 Å². The van der Waals surface area contributed by atoms with Crippen LogP contribution in [0.4, 0.5) is 28.7 Å². The van der Waals surface area contributed by atoms with E-state index in [2.05, 4.69) is 49.8 Å². The first-order valence-corrected chi connectivity index (χ1v) is 9.13. The van der Waals surface area contributed by atoms with E-state index < -0.39 is 0 Å². The van der Waals surface area contributed by atoms with E-state index in [1.165, 1.54) is 24.9 Å². The number of rotatable bonds is 5. The summed E-state index contributed by atoms with van der Waals surface area (Å²) in [4.78, 5) is 11.1. The summed E-state index contributed by atoms with van der Waals surface area (Å²) < 4.78 is 0. The maximum absolute atomic E-state index is 4.32. The number of benzene rings is 2. The SMILES string of the molecule is c1ccc(Nc2cc(Nc3ccc(N4CCCCC4)cc3)ncn2)cc1. The molecule has 4 rings (SSSR count). The van der Waals surface area contributed by atoms with Crippen LogP contribution in [0.3, 0.4) is 0 Å². The minimum Gasteiger partial charge on any atom is -0.372 e. The molecule has 0 unspecified atom stereocenters. The third-order valence-corrected chi connectivity index (χ3v) is 4.57. The Kier molecular flexibility index (Phi) is 4.96. The number of nitrogens with zero attached hydrogens (tertiary/aromatic N) is 3. The van der Waals surface area contributed by atoms with Crippen molar-refractivity contribution in [1.82, 2.24) is 9.97 Å². The quantitative estimate of drug-likeness (QED) is 0.685. The number of para-hydroxylation sites is 1. The van der Waals surface area contributed by atoms with Crippen LogP contribution in [0.2, 0.25) is 0 Å². The summed E-state index contributed by atoms with van der Waals surface area (Å²) in [6, 6.07) is 20.5. The van der Waals surface area contributed by atoms with Gasteiger partial charge in [-0.05, 0) is 55.7 Å². The summed E-state index contributed by atoms with van der Waals surface area (Å²) in [6.45, 7) is 2.32. The van der Waals surface area contributed by atoms with E-state index in [1.807, 2.05) is 36.4 Å². The summed E-state index contributed by atoms with van der Waals surface area (Å²) in [5.41, 5.74) is 3.32. The molecule has 0 radical (unpaired) electrons. The molecule has 2 N–H and O–H groups in total. The van der Waals surface area contributed by atoms with E-state index in [9.17, 15) is 0 Å². The van der Waals surface area contributed by atoms with Gasteiger partial charge in [-0.25, -0.2) is 9.97 Å². The Hall–Kier alpha value is -3.08. The van der Waals surface area contributed by atoms with Crippen molar-refractivity contribution >= 4 is 28.7 Å². The van der Waals surface area contributed by atoms with E-state index in [4.69, 9.17) is 0 Å². The van der Waals surface area contributed by atoms with E-state index in [0.29, 0.717) is 0 Å². The van der Waals surface area contributed by atoms with Crippen LogP contribution in [0, 0.1) is 0 Å². The van der Waals surface area contributed by atoms with E-state index in [-0.39, 0.29) is 0 Å². The van der Waals surface area contributed by atoms with Gasteiger partial charge in [-0.2, -0.15) is 0 Å². The van der Waals surface area contributed by atoms with Gasteiger partial charge in [0, 0.05) is 36.2 Å². The highest BCUT2D eigenvalue weighted by molar-refractivity contribution is 5.64. The van der Waals surface area contributed by atoms with Gasteiger partial charge in [0.15, 0.2) is 0 Å². The maximum Gasteiger partial charge on any atom is 0.135 e. The lowest BCUT2D eigenvalue weighted by atomic mass is 10.1. The monoisotopic (exact) mass is 345 g/mol. The number of aromatic nitrogens is 2. The number of hydrogen-bond donors (Lipinski definition) is 2. The first-order valence-electron chi connectivity index (χ1n) is 9.13. The molecule has 3 aromatic rings. The minimum atomic E-state index is 0.763. The second kappa shape index (κ2) is 7.87. The fourth-order valence-corrected chi connectivity index (χ4v) is 3.22. The van der Waals surface area contributed by atoms with Crippen LogP contribution >= 0.6 is 0 Å². The largest absolute Gasteiger partial charge is 0.372 e. The Morgan fingerprint density at radius 3 is 1.96 bits per heavy atom. The molecule has 1 saturated heterocycles. The van der Waals surface area contributed by atoms with Crippen LogP contribution in [0.1, 0.15) is 19.3 Å². The molecule has 1 aromatic heterocycles. The van der Waals surface area contributed by atoms with Crippen molar-refractivity contribution in [3.8, 4) is 0 Å². The molecule has 0 spiro atoms. The predicted octanol–water partition coefficient (Wildman–Crippen LogP) is 4.95. The van der Waals surface area contributed by atoms with Crippen molar-refractivity contribution in [1.29, 1.82) is 0 Å². The van der Waals surface area contributed by atoms with Crippen LogP contribution in [0.25, 0.3) is 0 Å². The zero-order valence-corrected chi connectivity index (χ0v) is 14.7. The van der Waals surface area contributed by atoms with Crippen molar-refractivity contribution < 1.29 is 0 Å². The molecular formula is C21H23N5. The predicted molar refractivity (Wildman–Crippen MR) is 108 cm³/mol. The van der Waals surface area contributed by atoms with Crippen LogP contribution in [0.5, 0.6) is 0 Å². The smallest absolute Gasteiger partial charge is 0.135 e. The maximum atomic E-state index is 4.32. The van der Waals surface area contributed by atoms with Gasteiger partial charge in [0.1, 0.15) is 18.0 Å². The number of piperidine rings is 1. The highest BCUT2D eigenvalue weighted by Gasteiger charge is 2.10. The molecule has 2 aromatic carbocycles. The lowest BCUT2D eigenvalue weighted by Gasteiger charge is -2.28. The molecule has 26 heavy (non-hydrogen) atoms. The highest BCUT2D eigenvalue weighted by atomic mass is 15.1. The van der Waals surface area contributed by atoms with Gasteiger partial charge in [0.2, 0.25) is 0 Å². The summed E-state index contributed by atoms with van der Waals surface area (Å²) in [6.07, 6.45) is 5.50. The highest BCUT2D eigenvalue weighted by Crippen LogP contribution is 2.24. The van der Waals surface area contributed by atoms with Gasteiger partial charge < -0.3 is 15.5 Å². The lowest BCUT2D eigenvalue weighted by Crippen LogP contribution is -2.29. The molecule has 0 amide bonds. The lowest BCUT2D eigenvalue weighted by molar-refractivity contribution is 0.578. The first-order chi connectivity index (χ1) is 12.9. The molecule has 132 valence electrons. The number of hydrogen-bond acceptors (Lipinski definition) is 5. The average Bonchev–Trinajstić information content (AvgIpc) is 2.70. The Bertz CT molecular complexity index is 827. The van der Waals surface area contributed by atoms with Crippen molar-refractivity contribution in [2.45, 2.75) is 19.3 Å². The third kappa shape index (κ3) is 4.11. The molecule has 0 bridgehead atoms. The molecule has 0 atom stereocenters. The summed E-state index contributed by atoms with van der Waals surface area (Å²) in [7, 11) is 0. The minimum absolute atomic E-state index is 0.763. The van der Waals surface area contributed by atoms with Crippen molar-refractivity contribution in [3.05, 3.63) is 67.0 Å². The van der Waals surface area contributed by atoms with Gasteiger partial charge in [-0.15, -0.1) is 0 Å². The Morgan fingerprint density at radius 1 is 0.692 bits per heavy atom. The fraction of sp³-hybridized carbons (Fsp3) is 0.238. The van der Waals surface area contributed by atoms with Gasteiger partial charge in [-0.3, -0.25) is 0 Å². The summed E-state index contributed by atoms with van der Waals surface area (Å²) in [5, 5.41) is 6.64. The zero-order chi connectivity index (χ0) is 17.6. The van der Waals surface area contributed by atoms with Crippen LogP contribution in [-0.4, -0.2) is 23.1 Å². The van der Waals surface area contributed by atoms with Gasteiger partial charge >= 0.3 is 0 Å². The number of nitrogens with one attached hydrogen (secondary N) is 2. The molecular weight excluding hydrogens is 322 g/mol. The molecule has 1 aliphatic rings. The Morgan fingerprint density at radius 2 is 1.31 bits per heavy atom. The number of anilines is 5. The van der Waals surface area contributed by atoms with E-state index in [1.54, 1.807) is 6.33 Å². The molecule has 1 aliphatic heterocycles. The molecule has 1 fully saturated rings. The average molecular weight is 345 g/mol. The van der Waals surface area contributed by atoms with Gasteiger partial charge in [0.05, 0.1) is 0 Å². The standard InChI is InChI=1S/C21H23N5/c1-3-7-17(8-4-1)24-20-15-21(23-16-22-20)25-18-9-11-19(12-10-18)26-13-5-2-6-14-26/h1,3-4,7-12,15-16H,2,5-6,13-14H2,(H2,22,23,24,25). The van der Waals surface area contributed by atoms with Crippen molar-refractivity contribution in [3.63, 3.8) is 0 Å². The second-order valence-corrected chi connectivity index (χ2v) is 6.50. The van der Waals surface area contributed by atoms with E-state index >= 15 is 0 Å². The van der Waals surface area contributed by atoms with Crippen LogP contribution in [-0.2, 0) is 0 Å². The third-order valence-electron chi connectivity index (χ3n) is 4.57. The second-order valence-electron chi connectivity index (χ2n) is 6.50. The van der Waals surface area contributed by atoms with Gasteiger partial charge in [-0.1, -0.05) is 18.2 Å². The van der Waals surface area contributed by atoms with E-state index in [0.717, 1.165) is 36.1 Å². The Labute approximate surface area is 154 Å². The first kappa shape index (κ1) is 16.4. The Balaban J connectivity index is 1.43.